The van der Waals surface area contributed by atoms with Gasteiger partial charge in [-0.05, 0) is 40.9 Å². The standard InChI is InChI=1S/C15H14BrN5/c16-10-8-17-15(18-9-10)21-7-3-6-13(21)14-19-11-4-1-2-5-12(11)20-14/h1-2,4-5,8-9,13H,3,6-7H2,(H,19,20). The van der Waals surface area contributed by atoms with E-state index < -0.39 is 0 Å². The molecule has 0 aliphatic carbocycles. The Labute approximate surface area is 130 Å². The van der Waals surface area contributed by atoms with Crippen molar-refractivity contribution in [1.29, 1.82) is 0 Å². The van der Waals surface area contributed by atoms with E-state index >= 15 is 0 Å². The van der Waals surface area contributed by atoms with Crippen molar-refractivity contribution in [1.82, 2.24) is 19.9 Å². The minimum atomic E-state index is 0.221. The van der Waals surface area contributed by atoms with E-state index in [4.69, 9.17) is 4.98 Å². The summed E-state index contributed by atoms with van der Waals surface area (Å²) < 4.78 is 0.894. The first-order valence-electron chi connectivity index (χ1n) is 7.00. The van der Waals surface area contributed by atoms with Gasteiger partial charge in [0.15, 0.2) is 0 Å². The summed E-state index contributed by atoms with van der Waals surface area (Å²) in [6.07, 6.45) is 5.77. The van der Waals surface area contributed by atoms with Gasteiger partial charge in [0.2, 0.25) is 5.95 Å². The van der Waals surface area contributed by atoms with Crippen molar-refractivity contribution in [2.75, 3.05) is 11.4 Å². The molecule has 0 amide bonds. The minimum absolute atomic E-state index is 0.221. The van der Waals surface area contributed by atoms with Crippen LogP contribution < -0.4 is 4.90 Å². The normalized spacial score (nSPS) is 18.5. The van der Waals surface area contributed by atoms with Crippen LogP contribution in [-0.4, -0.2) is 26.5 Å². The molecule has 106 valence electrons. The fourth-order valence-electron chi connectivity index (χ4n) is 2.87. The lowest BCUT2D eigenvalue weighted by Crippen LogP contribution is -2.25. The minimum Gasteiger partial charge on any atom is -0.340 e. The SMILES string of the molecule is Brc1cnc(N2CCCC2c2nc3ccccc3[nH]2)nc1. The predicted molar refractivity (Wildman–Crippen MR) is 85.1 cm³/mol. The fraction of sp³-hybridized carbons (Fsp3) is 0.267. The molecular weight excluding hydrogens is 330 g/mol. The highest BCUT2D eigenvalue weighted by atomic mass is 79.9. The summed E-state index contributed by atoms with van der Waals surface area (Å²) in [4.78, 5) is 19.2. The first-order chi connectivity index (χ1) is 10.3. The van der Waals surface area contributed by atoms with Gasteiger partial charge in [0.1, 0.15) is 5.82 Å². The zero-order valence-corrected chi connectivity index (χ0v) is 12.9. The number of H-pyrrole nitrogens is 1. The molecule has 0 radical (unpaired) electrons. The zero-order valence-electron chi connectivity index (χ0n) is 11.3. The molecule has 0 saturated carbocycles. The molecule has 1 atom stereocenters. The molecule has 21 heavy (non-hydrogen) atoms. The van der Waals surface area contributed by atoms with Crippen LogP contribution in [0, 0.1) is 0 Å². The Bertz CT molecular complexity index is 734. The molecule has 1 aromatic carbocycles. The second-order valence-corrected chi connectivity index (χ2v) is 6.11. The van der Waals surface area contributed by atoms with Crippen LogP contribution in [0.3, 0.4) is 0 Å². The van der Waals surface area contributed by atoms with Gasteiger partial charge in [-0.1, -0.05) is 12.1 Å². The molecule has 4 rings (SSSR count). The smallest absolute Gasteiger partial charge is 0.225 e. The van der Waals surface area contributed by atoms with Gasteiger partial charge in [0.25, 0.3) is 0 Å². The highest BCUT2D eigenvalue weighted by molar-refractivity contribution is 9.10. The number of anilines is 1. The number of fused-ring (bicyclic) bond motifs is 1. The number of hydrogen-bond acceptors (Lipinski definition) is 4. The van der Waals surface area contributed by atoms with E-state index in [-0.39, 0.29) is 6.04 Å². The van der Waals surface area contributed by atoms with Crippen LogP contribution in [-0.2, 0) is 0 Å². The number of aromatic amines is 1. The average molecular weight is 344 g/mol. The van der Waals surface area contributed by atoms with Crippen molar-refractivity contribution in [2.45, 2.75) is 18.9 Å². The van der Waals surface area contributed by atoms with Crippen molar-refractivity contribution in [3.05, 3.63) is 47.0 Å². The van der Waals surface area contributed by atoms with Crippen molar-refractivity contribution >= 4 is 32.9 Å². The summed E-state index contributed by atoms with van der Waals surface area (Å²) in [7, 11) is 0. The monoisotopic (exact) mass is 343 g/mol. The summed E-state index contributed by atoms with van der Waals surface area (Å²) >= 11 is 3.38. The second-order valence-electron chi connectivity index (χ2n) is 5.19. The first-order valence-corrected chi connectivity index (χ1v) is 7.79. The number of rotatable bonds is 2. The van der Waals surface area contributed by atoms with E-state index in [0.717, 1.165) is 46.7 Å². The predicted octanol–water partition coefficient (Wildman–Crippen LogP) is 3.46. The third-order valence-electron chi connectivity index (χ3n) is 3.84. The van der Waals surface area contributed by atoms with E-state index in [2.05, 4.69) is 41.8 Å². The van der Waals surface area contributed by atoms with Gasteiger partial charge in [0, 0.05) is 18.9 Å². The lowest BCUT2D eigenvalue weighted by molar-refractivity contribution is 0.665. The van der Waals surface area contributed by atoms with Crippen molar-refractivity contribution < 1.29 is 0 Å². The third kappa shape index (κ3) is 2.29. The number of para-hydroxylation sites is 2. The Balaban J connectivity index is 1.71. The van der Waals surface area contributed by atoms with Crippen LogP contribution in [0.1, 0.15) is 24.7 Å². The molecule has 3 aromatic rings. The summed E-state index contributed by atoms with van der Waals surface area (Å²) in [5.74, 6) is 1.77. The number of nitrogens with one attached hydrogen (secondary N) is 1. The van der Waals surface area contributed by atoms with Gasteiger partial charge in [-0.15, -0.1) is 0 Å². The summed E-state index contributed by atoms with van der Waals surface area (Å²) in [5, 5.41) is 0. The fourth-order valence-corrected chi connectivity index (χ4v) is 3.08. The molecule has 1 saturated heterocycles. The maximum atomic E-state index is 4.73. The number of nitrogens with zero attached hydrogens (tertiary/aromatic N) is 4. The van der Waals surface area contributed by atoms with E-state index in [0.29, 0.717) is 0 Å². The quantitative estimate of drug-likeness (QED) is 0.774. The van der Waals surface area contributed by atoms with E-state index in [1.165, 1.54) is 0 Å². The van der Waals surface area contributed by atoms with Crippen LogP contribution in [0.4, 0.5) is 5.95 Å². The molecule has 5 nitrogen and oxygen atoms in total. The molecule has 1 unspecified atom stereocenters. The van der Waals surface area contributed by atoms with Crippen LogP contribution in [0.15, 0.2) is 41.1 Å². The van der Waals surface area contributed by atoms with Crippen LogP contribution in [0.2, 0.25) is 0 Å². The Morgan fingerprint density at radius 1 is 1.19 bits per heavy atom. The van der Waals surface area contributed by atoms with Crippen LogP contribution in [0.5, 0.6) is 0 Å². The lowest BCUT2D eigenvalue weighted by Gasteiger charge is -2.22. The summed E-state index contributed by atoms with van der Waals surface area (Å²) in [6, 6.07) is 8.34. The number of imidazole rings is 1. The Morgan fingerprint density at radius 2 is 2.00 bits per heavy atom. The zero-order chi connectivity index (χ0) is 14.2. The van der Waals surface area contributed by atoms with Gasteiger partial charge >= 0.3 is 0 Å². The van der Waals surface area contributed by atoms with Crippen LogP contribution >= 0.6 is 15.9 Å². The van der Waals surface area contributed by atoms with Crippen molar-refractivity contribution in [3.63, 3.8) is 0 Å². The molecule has 1 fully saturated rings. The van der Waals surface area contributed by atoms with Gasteiger partial charge < -0.3 is 9.88 Å². The molecule has 1 N–H and O–H groups in total. The average Bonchev–Trinajstić information content (AvgIpc) is 3.14. The van der Waals surface area contributed by atoms with Crippen molar-refractivity contribution in [2.24, 2.45) is 0 Å². The highest BCUT2D eigenvalue weighted by Gasteiger charge is 2.30. The molecule has 0 spiro atoms. The number of hydrogen-bond donors (Lipinski definition) is 1. The van der Waals surface area contributed by atoms with Crippen molar-refractivity contribution in [3.8, 4) is 0 Å². The highest BCUT2D eigenvalue weighted by Crippen LogP contribution is 2.33. The molecule has 1 aliphatic heterocycles. The summed E-state index contributed by atoms with van der Waals surface area (Å²) in [6.45, 7) is 0.962. The Morgan fingerprint density at radius 3 is 2.81 bits per heavy atom. The summed E-state index contributed by atoms with van der Waals surface area (Å²) in [5.41, 5.74) is 2.09. The van der Waals surface area contributed by atoms with Gasteiger partial charge in [0.05, 0.1) is 21.5 Å². The Kier molecular flexibility index (Phi) is 3.11. The van der Waals surface area contributed by atoms with E-state index in [9.17, 15) is 0 Å². The molecular formula is C15H14BrN5. The number of benzene rings is 1. The third-order valence-corrected chi connectivity index (χ3v) is 4.25. The maximum absolute atomic E-state index is 4.73. The molecule has 6 heteroatoms. The van der Waals surface area contributed by atoms with E-state index in [1.807, 2.05) is 18.2 Å². The topological polar surface area (TPSA) is 57.7 Å². The Hall–Kier alpha value is -1.95. The molecule has 3 heterocycles. The van der Waals surface area contributed by atoms with Gasteiger partial charge in [-0.3, -0.25) is 0 Å². The number of halogens is 1. The molecule has 0 bridgehead atoms. The largest absolute Gasteiger partial charge is 0.340 e. The first kappa shape index (κ1) is 12.8. The number of aromatic nitrogens is 4. The second kappa shape index (κ2) is 5.11. The lowest BCUT2D eigenvalue weighted by atomic mass is 10.2. The van der Waals surface area contributed by atoms with Gasteiger partial charge in [-0.2, -0.15) is 0 Å². The van der Waals surface area contributed by atoms with Gasteiger partial charge in [-0.25, -0.2) is 15.0 Å². The molecule has 1 aliphatic rings. The van der Waals surface area contributed by atoms with Crippen LogP contribution in [0.25, 0.3) is 11.0 Å². The molecule has 2 aromatic heterocycles. The van der Waals surface area contributed by atoms with E-state index in [1.54, 1.807) is 12.4 Å². The maximum Gasteiger partial charge on any atom is 0.225 e.